The number of benzene rings is 2. The van der Waals surface area contributed by atoms with Crippen LogP contribution in [-0.2, 0) is 14.9 Å². The average Bonchev–Trinajstić information content (AvgIpc) is 2.72. The maximum atomic E-state index is 12.0. The van der Waals surface area contributed by atoms with Gasteiger partial charge >= 0.3 is 5.97 Å². The fourth-order valence-corrected chi connectivity index (χ4v) is 8.18. The summed E-state index contributed by atoms with van der Waals surface area (Å²) < 4.78 is -0.361. The molecule has 4 rings (SSSR count). The van der Waals surface area contributed by atoms with Crippen LogP contribution in [0.1, 0.15) is 79.6 Å². The molecule has 0 amide bonds. The second-order valence-electron chi connectivity index (χ2n) is 9.55. The van der Waals surface area contributed by atoms with Crippen molar-refractivity contribution in [2.24, 2.45) is 0 Å². The minimum absolute atomic E-state index is 0.137. The maximum Gasteiger partial charge on any atom is 0.336 e. The fourth-order valence-electron chi connectivity index (χ4n) is 4.76. The van der Waals surface area contributed by atoms with Crippen LogP contribution >= 0.6 is 23.5 Å². The molecule has 2 aromatic rings. The normalized spacial score (nSPS) is 21.9. The molecule has 0 bridgehead atoms. The molecule has 1 N–H and O–H groups in total. The predicted octanol–water partition coefficient (Wildman–Crippen LogP) is 6.81. The van der Waals surface area contributed by atoms with Gasteiger partial charge in [0, 0.05) is 0 Å². The minimum atomic E-state index is -0.842. The summed E-state index contributed by atoms with van der Waals surface area (Å²) in [6.07, 6.45) is 3.54. The molecular formula is C25H30O2S2. The van der Waals surface area contributed by atoms with E-state index in [0.717, 1.165) is 23.5 Å². The lowest BCUT2D eigenvalue weighted by molar-refractivity contribution is 0.0695. The summed E-state index contributed by atoms with van der Waals surface area (Å²) in [6, 6.07) is 14.6. The molecule has 1 saturated heterocycles. The predicted molar refractivity (Wildman–Crippen MR) is 125 cm³/mol. The molecular weight excluding hydrogens is 396 g/mol. The molecule has 0 saturated carbocycles. The summed E-state index contributed by atoms with van der Waals surface area (Å²) >= 11 is 3.80. The van der Waals surface area contributed by atoms with Crippen molar-refractivity contribution in [3.05, 3.63) is 70.3 Å². The van der Waals surface area contributed by atoms with E-state index in [1.807, 2.05) is 41.7 Å². The third-order valence-electron chi connectivity index (χ3n) is 6.64. The van der Waals surface area contributed by atoms with Crippen molar-refractivity contribution in [1.82, 2.24) is 0 Å². The zero-order valence-corrected chi connectivity index (χ0v) is 19.4. The lowest BCUT2D eigenvalue weighted by atomic mass is 9.63. The van der Waals surface area contributed by atoms with Gasteiger partial charge in [0.05, 0.1) is 5.56 Å². The molecule has 1 fully saturated rings. The summed E-state index contributed by atoms with van der Waals surface area (Å²) in [7, 11) is 0. The molecule has 4 heteroatoms. The van der Waals surface area contributed by atoms with Gasteiger partial charge in [-0.2, -0.15) is 0 Å². The molecule has 0 unspecified atom stereocenters. The topological polar surface area (TPSA) is 37.3 Å². The third kappa shape index (κ3) is 3.53. The van der Waals surface area contributed by atoms with Crippen molar-refractivity contribution in [2.75, 3.05) is 11.5 Å². The van der Waals surface area contributed by atoms with Crippen LogP contribution in [0.15, 0.2) is 42.5 Å². The highest BCUT2D eigenvalue weighted by Crippen LogP contribution is 2.57. The molecule has 2 aromatic carbocycles. The van der Waals surface area contributed by atoms with Gasteiger partial charge in [0.15, 0.2) is 0 Å². The number of hydrogen-bond acceptors (Lipinski definition) is 3. The van der Waals surface area contributed by atoms with Gasteiger partial charge in [-0.15, -0.1) is 23.5 Å². The van der Waals surface area contributed by atoms with E-state index in [2.05, 4.69) is 45.9 Å². The Labute approximate surface area is 182 Å². The molecule has 2 nitrogen and oxygen atoms in total. The first kappa shape index (κ1) is 20.9. The number of rotatable bonds is 3. The van der Waals surface area contributed by atoms with Crippen LogP contribution in [-0.4, -0.2) is 22.6 Å². The van der Waals surface area contributed by atoms with E-state index in [-0.39, 0.29) is 14.9 Å². The van der Waals surface area contributed by atoms with Gasteiger partial charge in [-0.25, -0.2) is 4.79 Å². The second kappa shape index (κ2) is 7.39. The van der Waals surface area contributed by atoms with Gasteiger partial charge in [-0.05, 0) is 69.9 Å². The van der Waals surface area contributed by atoms with Crippen LogP contribution in [0.2, 0.25) is 0 Å². The van der Waals surface area contributed by atoms with Crippen molar-refractivity contribution in [2.45, 2.75) is 61.9 Å². The highest BCUT2D eigenvalue weighted by molar-refractivity contribution is 8.18. The summed E-state index contributed by atoms with van der Waals surface area (Å²) in [4.78, 5) is 12.0. The fraction of sp³-hybridized carbons (Fsp3) is 0.480. The second-order valence-corrected chi connectivity index (χ2v) is 12.4. The van der Waals surface area contributed by atoms with Gasteiger partial charge in [0.2, 0.25) is 0 Å². The first-order chi connectivity index (χ1) is 13.7. The Balaban J connectivity index is 1.94. The summed E-state index contributed by atoms with van der Waals surface area (Å²) in [5, 5.41) is 9.88. The molecule has 1 heterocycles. The number of carboxylic acid groups (broad SMARTS) is 1. The largest absolute Gasteiger partial charge is 0.478 e. The lowest BCUT2D eigenvalue weighted by Gasteiger charge is -2.44. The highest BCUT2D eigenvalue weighted by atomic mass is 32.2. The van der Waals surface area contributed by atoms with Gasteiger partial charge in [0.1, 0.15) is 4.08 Å². The van der Waals surface area contributed by atoms with E-state index in [1.54, 1.807) is 6.07 Å². The molecule has 2 aliphatic rings. The Hall–Kier alpha value is -1.39. The zero-order valence-electron chi connectivity index (χ0n) is 17.7. The van der Waals surface area contributed by atoms with E-state index in [4.69, 9.17) is 0 Å². The molecule has 154 valence electrons. The number of thioether (sulfide) groups is 2. The number of hydrogen-bond donors (Lipinski definition) is 1. The SMILES string of the molecule is CC1(C)CCC(C)(C)c2cc(C3(c4ccccc4C(=O)O)SCCCS3)ccc21. The smallest absolute Gasteiger partial charge is 0.336 e. The van der Waals surface area contributed by atoms with Crippen LogP contribution in [0.4, 0.5) is 0 Å². The Kier molecular flexibility index (Phi) is 5.31. The first-order valence-electron chi connectivity index (χ1n) is 10.4. The average molecular weight is 427 g/mol. The van der Waals surface area contributed by atoms with Crippen LogP contribution in [0.3, 0.4) is 0 Å². The quantitative estimate of drug-likeness (QED) is 0.585. The molecule has 29 heavy (non-hydrogen) atoms. The summed E-state index contributed by atoms with van der Waals surface area (Å²) in [5.74, 6) is 1.26. The van der Waals surface area contributed by atoms with E-state index < -0.39 is 5.97 Å². The number of carbonyl (C=O) groups is 1. The number of fused-ring (bicyclic) bond motifs is 1. The number of carboxylic acids is 1. The highest BCUT2D eigenvalue weighted by Gasteiger charge is 2.43. The van der Waals surface area contributed by atoms with E-state index in [9.17, 15) is 9.90 Å². The van der Waals surface area contributed by atoms with Crippen molar-refractivity contribution in [1.29, 1.82) is 0 Å². The van der Waals surface area contributed by atoms with Crippen molar-refractivity contribution in [3.63, 3.8) is 0 Å². The van der Waals surface area contributed by atoms with Crippen molar-refractivity contribution >= 4 is 29.5 Å². The molecule has 0 aromatic heterocycles. The molecule has 1 aliphatic carbocycles. The maximum absolute atomic E-state index is 12.0. The molecule has 0 radical (unpaired) electrons. The van der Waals surface area contributed by atoms with Gasteiger partial charge in [0.25, 0.3) is 0 Å². The van der Waals surface area contributed by atoms with Crippen molar-refractivity contribution in [3.8, 4) is 0 Å². The Morgan fingerprint density at radius 1 is 0.862 bits per heavy atom. The third-order valence-corrected chi connectivity index (χ3v) is 10.1. The van der Waals surface area contributed by atoms with Gasteiger partial charge in [-0.1, -0.05) is 64.1 Å². The first-order valence-corrected chi connectivity index (χ1v) is 12.4. The molecule has 1 aliphatic heterocycles. The Morgan fingerprint density at radius 3 is 2.14 bits per heavy atom. The standard InChI is InChI=1S/C25H30O2S2/c1-23(2)12-13-24(3,4)21-16-17(10-11-20(21)23)25(28-14-7-15-29-25)19-9-6-5-8-18(19)22(26)27/h5-6,8-11,16H,7,12-15H2,1-4H3,(H,26,27). The Morgan fingerprint density at radius 2 is 1.48 bits per heavy atom. The lowest BCUT2D eigenvalue weighted by Crippen LogP contribution is -2.35. The zero-order chi connectivity index (χ0) is 20.9. The minimum Gasteiger partial charge on any atom is -0.478 e. The van der Waals surface area contributed by atoms with Crippen LogP contribution in [0, 0.1) is 0 Å². The summed E-state index contributed by atoms with van der Waals surface area (Å²) in [6.45, 7) is 9.40. The Bertz CT molecular complexity index is 940. The summed E-state index contributed by atoms with van der Waals surface area (Å²) in [5.41, 5.74) is 5.79. The van der Waals surface area contributed by atoms with Gasteiger partial charge in [-0.3, -0.25) is 0 Å². The van der Waals surface area contributed by atoms with Gasteiger partial charge < -0.3 is 5.11 Å². The monoisotopic (exact) mass is 426 g/mol. The van der Waals surface area contributed by atoms with E-state index in [0.29, 0.717) is 5.56 Å². The van der Waals surface area contributed by atoms with Crippen LogP contribution < -0.4 is 0 Å². The van der Waals surface area contributed by atoms with Crippen molar-refractivity contribution < 1.29 is 9.90 Å². The molecule has 0 spiro atoms. The molecule has 0 atom stereocenters. The number of aromatic carboxylic acids is 1. The van der Waals surface area contributed by atoms with Crippen LogP contribution in [0.25, 0.3) is 0 Å². The van der Waals surface area contributed by atoms with Crippen LogP contribution in [0.5, 0.6) is 0 Å². The van der Waals surface area contributed by atoms with E-state index >= 15 is 0 Å². The van der Waals surface area contributed by atoms with E-state index in [1.165, 1.54) is 29.5 Å².